The molecule has 0 aliphatic rings. The minimum Gasteiger partial charge on any atom is -0.343 e. The zero-order chi connectivity index (χ0) is 17.9. The number of carbonyl (C=O) groups is 1. The number of carbonyl (C=O) groups excluding carboxylic acids is 1. The molecule has 26 heavy (non-hydrogen) atoms. The molecular formula is C20H14ClN3O2. The number of rotatable bonds is 4. The largest absolute Gasteiger partial charge is 0.343 e. The van der Waals surface area contributed by atoms with Crippen LogP contribution in [-0.2, 0) is 6.54 Å². The first-order valence-electron chi connectivity index (χ1n) is 8.04. The molecule has 0 aliphatic heterocycles. The maximum absolute atomic E-state index is 12.4. The molecular weight excluding hydrogens is 350 g/mol. The molecule has 3 aromatic carbocycles. The van der Waals surface area contributed by atoms with E-state index >= 15 is 0 Å². The minimum atomic E-state index is -0.193. The fraction of sp³-hybridized carbons (Fsp3) is 0.0500. The molecule has 4 rings (SSSR count). The SMILES string of the molecule is O=C(NCc1nc(-c2ccc(Cl)cc2)no1)c1ccc2ccccc2c1. The fourth-order valence-electron chi connectivity index (χ4n) is 2.63. The van der Waals surface area contributed by atoms with Gasteiger partial charge in [0.25, 0.3) is 5.91 Å². The maximum atomic E-state index is 12.4. The Hall–Kier alpha value is -3.18. The van der Waals surface area contributed by atoms with Crippen LogP contribution in [0.2, 0.25) is 5.02 Å². The van der Waals surface area contributed by atoms with Crippen molar-refractivity contribution in [1.82, 2.24) is 15.5 Å². The Labute approximate surface area is 154 Å². The molecule has 5 nitrogen and oxygen atoms in total. The average Bonchev–Trinajstić information content (AvgIpc) is 3.15. The number of benzene rings is 3. The Morgan fingerprint density at radius 3 is 2.58 bits per heavy atom. The van der Waals surface area contributed by atoms with Crippen LogP contribution in [-0.4, -0.2) is 16.0 Å². The smallest absolute Gasteiger partial charge is 0.251 e. The molecule has 0 unspecified atom stereocenters. The van der Waals surface area contributed by atoms with Crippen LogP contribution in [0.3, 0.4) is 0 Å². The van der Waals surface area contributed by atoms with E-state index in [4.69, 9.17) is 16.1 Å². The second-order valence-corrected chi connectivity index (χ2v) is 6.20. The Morgan fingerprint density at radius 1 is 1.00 bits per heavy atom. The van der Waals surface area contributed by atoms with Crippen molar-refractivity contribution in [2.45, 2.75) is 6.54 Å². The van der Waals surface area contributed by atoms with E-state index in [1.54, 1.807) is 18.2 Å². The second-order valence-electron chi connectivity index (χ2n) is 5.76. The number of amides is 1. The second kappa shape index (κ2) is 6.98. The third-order valence-electron chi connectivity index (χ3n) is 3.98. The van der Waals surface area contributed by atoms with Crippen molar-refractivity contribution in [3.8, 4) is 11.4 Å². The molecule has 0 spiro atoms. The number of halogens is 1. The van der Waals surface area contributed by atoms with Gasteiger partial charge in [-0.1, -0.05) is 47.1 Å². The van der Waals surface area contributed by atoms with Crippen LogP contribution in [0.4, 0.5) is 0 Å². The summed E-state index contributed by atoms with van der Waals surface area (Å²) >= 11 is 5.87. The third-order valence-corrected chi connectivity index (χ3v) is 4.23. The number of aromatic nitrogens is 2. The number of hydrogen-bond acceptors (Lipinski definition) is 4. The molecule has 1 aromatic heterocycles. The van der Waals surface area contributed by atoms with Crippen LogP contribution in [0.25, 0.3) is 22.2 Å². The van der Waals surface area contributed by atoms with E-state index < -0.39 is 0 Å². The highest BCUT2D eigenvalue weighted by Gasteiger charge is 2.11. The zero-order valence-corrected chi connectivity index (χ0v) is 14.4. The van der Waals surface area contributed by atoms with Crippen molar-refractivity contribution in [1.29, 1.82) is 0 Å². The predicted octanol–water partition coefficient (Wildman–Crippen LogP) is 4.47. The van der Waals surface area contributed by atoms with Crippen LogP contribution in [0.5, 0.6) is 0 Å². The average molecular weight is 364 g/mol. The highest BCUT2D eigenvalue weighted by atomic mass is 35.5. The number of nitrogens with one attached hydrogen (secondary N) is 1. The Kier molecular flexibility index (Phi) is 4.37. The quantitative estimate of drug-likeness (QED) is 0.580. The van der Waals surface area contributed by atoms with Gasteiger partial charge in [0, 0.05) is 16.1 Å². The molecule has 1 amide bonds. The summed E-state index contributed by atoms with van der Waals surface area (Å²) in [5.74, 6) is 0.600. The van der Waals surface area contributed by atoms with Crippen LogP contribution < -0.4 is 5.32 Å². The Morgan fingerprint density at radius 2 is 1.77 bits per heavy atom. The molecule has 0 aliphatic carbocycles. The van der Waals surface area contributed by atoms with Gasteiger partial charge in [-0.15, -0.1) is 0 Å². The molecule has 0 saturated heterocycles. The van der Waals surface area contributed by atoms with Crippen LogP contribution in [0.1, 0.15) is 16.2 Å². The summed E-state index contributed by atoms with van der Waals surface area (Å²) in [5.41, 5.74) is 1.38. The molecule has 6 heteroatoms. The molecule has 4 aromatic rings. The summed E-state index contributed by atoms with van der Waals surface area (Å²) in [6, 6.07) is 20.6. The molecule has 128 valence electrons. The first-order valence-corrected chi connectivity index (χ1v) is 8.42. The van der Waals surface area contributed by atoms with Gasteiger partial charge in [0.15, 0.2) is 0 Å². The summed E-state index contributed by atoms with van der Waals surface area (Å²) in [6.45, 7) is 0.159. The summed E-state index contributed by atoms with van der Waals surface area (Å²) < 4.78 is 5.20. The zero-order valence-electron chi connectivity index (χ0n) is 13.6. The standard InChI is InChI=1S/C20H14ClN3O2/c21-17-9-7-14(8-10-17)19-23-18(26-24-19)12-22-20(25)16-6-5-13-3-1-2-4-15(13)11-16/h1-11H,12H2,(H,22,25). The normalized spacial score (nSPS) is 10.8. The van der Waals surface area contributed by atoms with Crippen molar-refractivity contribution in [2.75, 3.05) is 0 Å². The highest BCUT2D eigenvalue weighted by molar-refractivity contribution is 6.30. The van der Waals surface area contributed by atoms with Gasteiger partial charge in [0.1, 0.15) is 0 Å². The van der Waals surface area contributed by atoms with Gasteiger partial charge in [-0.3, -0.25) is 4.79 Å². The molecule has 0 radical (unpaired) electrons. The lowest BCUT2D eigenvalue weighted by Gasteiger charge is -2.04. The topological polar surface area (TPSA) is 68.0 Å². The summed E-state index contributed by atoms with van der Waals surface area (Å²) in [7, 11) is 0. The molecule has 0 bridgehead atoms. The fourth-order valence-corrected chi connectivity index (χ4v) is 2.76. The molecule has 0 atom stereocenters. The monoisotopic (exact) mass is 363 g/mol. The molecule has 0 saturated carbocycles. The summed E-state index contributed by atoms with van der Waals surface area (Å²) in [5, 5.41) is 9.47. The molecule has 0 fully saturated rings. The summed E-state index contributed by atoms with van der Waals surface area (Å²) in [6.07, 6.45) is 0. The van der Waals surface area contributed by atoms with Gasteiger partial charge in [-0.25, -0.2) is 0 Å². The molecule has 1 N–H and O–H groups in total. The number of fused-ring (bicyclic) bond motifs is 1. The van der Waals surface area contributed by atoms with Crippen molar-refractivity contribution in [2.24, 2.45) is 0 Å². The minimum absolute atomic E-state index is 0.159. The van der Waals surface area contributed by atoms with Crippen molar-refractivity contribution in [3.63, 3.8) is 0 Å². The van der Waals surface area contributed by atoms with Crippen LogP contribution in [0, 0.1) is 0 Å². The van der Waals surface area contributed by atoms with E-state index in [9.17, 15) is 4.79 Å². The van der Waals surface area contributed by atoms with E-state index in [-0.39, 0.29) is 12.5 Å². The van der Waals surface area contributed by atoms with Gasteiger partial charge >= 0.3 is 0 Å². The molecule has 1 heterocycles. The maximum Gasteiger partial charge on any atom is 0.251 e. The number of nitrogens with zero attached hydrogens (tertiary/aromatic N) is 2. The van der Waals surface area contributed by atoms with Gasteiger partial charge in [-0.05, 0) is 47.2 Å². The highest BCUT2D eigenvalue weighted by Crippen LogP contribution is 2.19. The van der Waals surface area contributed by atoms with Gasteiger partial charge < -0.3 is 9.84 Å². The lowest BCUT2D eigenvalue weighted by molar-refractivity contribution is 0.0946. The van der Waals surface area contributed by atoms with Crippen LogP contribution >= 0.6 is 11.6 Å². The third kappa shape index (κ3) is 3.43. The van der Waals surface area contributed by atoms with Gasteiger partial charge in [-0.2, -0.15) is 4.98 Å². The van der Waals surface area contributed by atoms with E-state index in [0.717, 1.165) is 16.3 Å². The Balaban J connectivity index is 1.45. The van der Waals surface area contributed by atoms with E-state index in [1.165, 1.54) is 0 Å². The van der Waals surface area contributed by atoms with Crippen molar-refractivity contribution in [3.05, 3.63) is 83.2 Å². The van der Waals surface area contributed by atoms with E-state index in [1.807, 2.05) is 48.5 Å². The van der Waals surface area contributed by atoms with Gasteiger partial charge in [0.2, 0.25) is 11.7 Å². The van der Waals surface area contributed by atoms with Crippen LogP contribution in [0.15, 0.2) is 71.3 Å². The predicted molar refractivity (Wildman–Crippen MR) is 99.9 cm³/mol. The van der Waals surface area contributed by atoms with Crippen molar-refractivity contribution < 1.29 is 9.32 Å². The first kappa shape index (κ1) is 16.3. The lowest BCUT2D eigenvalue weighted by Crippen LogP contribution is -2.22. The Bertz CT molecular complexity index is 1070. The van der Waals surface area contributed by atoms with E-state index in [2.05, 4.69) is 15.5 Å². The van der Waals surface area contributed by atoms with Crippen molar-refractivity contribution >= 4 is 28.3 Å². The van der Waals surface area contributed by atoms with E-state index in [0.29, 0.717) is 22.3 Å². The first-order chi connectivity index (χ1) is 12.7. The lowest BCUT2D eigenvalue weighted by atomic mass is 10.1. The number of hydrogen-bond donors (Lipinski definition) is 1. The van der Waals surface area contributed by atoms with Gasteiger partial charge in [0.05, 0.1) is 6.54 Å². The summed E-state index contributed by atoms with van der Waals surface area (Å²) in [4.78, 5) is 16.7.